The molecule has 0 radical (unpaired) electrons. The molecule has 0 aromatic heterocycles. The Morgan fingerprint density at radius 3 is 2.67 bits per heavy atom. The van der Waals surface area contributed by atoms with Crippen molar-refractivity contribution in [1.29, 1.82) is 0 Å². The summed E-state index contributed by atoms with van der Waals surface area (Å²) >= 11 is 8.26. The molecule has 1 aromatic carbocycles. The molecule has 0 aliphatic heterocycles. The third kappa shape index (κ3) is 4.85. The van der Waals surface area contributed by atoms with Crippen LogP contribution in [0.2, 0.25) is 0 Å². The van der Waals surface area contributed by atoms with Crippen LogP contribution in [-0.4, -0.2) is 26.5 Å². The predicted octanol–water partition coefficient (Wildman–Crippen LogP) is 3.63. The van der Waals surface area contributed by atoms with E-state index < -0.39 is 10.0 Å². The van der Waals surface area contributed by atoms with E-state index in [0.717, 1.165) is 10.9 Å². The molecule has 1 N–H and O–H groups in total. The van der Waals surface area contributed by atoms with Gasteiger partial charge < -0.3 is 0 Å². The van der Waals surface area contributed by atoms with Crippen molar-refractivity contribution in [1.82, 2.24) is 4.72 Å². The lowest BCUT2D eigenvalue weighted by molar-refractivity contribution is 0.578. The Balaban J connectivity index is 2.77. The zero-order chi connectivity index (χ0) is 13.8. The van der Waals surface area contributed by atoms with Gasteiger partial charge in [-0.05, 0) is 46.8 Å². The molecule has 18 heavy (non-hydrogen) atoms. The molecule has 0 aliphatic rings. The van der Waals surface area contributed by atoms with Gasteiger partial charge in [-0.2, -0.15) is 11.8 Å². The third-order valence-corrected chi connectivity index (χ3v) is 6.42. The summed E-state index contributed by atoms with van der Waals surface area (Å²) in [5.74, 6) is 0. The minimum atomic E-state index is -3.45. The molecule has 1 unspecified atom stereocenters. The van der Waals surface area contributed by atoms with Crippen LogP contribution in [-0.2, 0) is 10.0 Å². The van der Waals surface area contributed by atoms with Crippen molar-refractivity contribution >= 4 is 53.6 Å². The van der Waals surface area contributed by atoms with Crippen molar-refractivity contribution in [2.45, 2.75) is 23.5 Å². The van der Waals surface area contributed by atoms with Crippen molar-refractivity contribution in [3.63, 3.8) is 0 Å². The predicted molar refractivity (Wildman–Crippen MR) is 84.6 cm³/mol. The van der Waals surface area contributed by atoms with Crippen LogP contribution < -0.4 is 4.72 Å². The fourth-order valence-electron chi connectivity index (χ4n) is 1.28. The number of sulfonamides is 1. The highest BCUT2D eigenvalue weighted by atomic mass is 79.9. The lowest BCUT2D eigenvalue weighted by atomic mass is 10.3. The van der Waals surface area contributed by atoms with Crippen LogP contribution >= 0.6 is 43.6 Å². The van der Waals surface area contributed by atoms with Gasteiger partial charge in [0.1, 0.15) is 0 Å². The van der Waals surface area contributed by atoms with Crippen LogP contribution in [0.25, 0.3) is 0 Å². The summed E-state index contributed by atoms with van der Waals surface area (Å²) in [6.45, 7) is 2.53. The van der Waals surface area contributed by atoms with Crippen LogP contribution in [0.5, 0.6) is 0 Å². The zero-order valence-electron chi connectivity index (χ0n) is 10.1. The van der Waals surface area contributed by atoms with Gasteiger partial charge in [-0.1, -0.05) is 22.9 Å². The number of halogens is 2. The monoisotopic (exact) mass is 415 g/mol. The topological polar surface area (TPSA) is 46.2 Å². The van der Waals surface area contributed by atoms with Gasteiger partial charge in [0.15, 0.2) is 0 Å². The van der Waals surface area contributed by atoms with E-state index in [1.54, 1.807) is 30.0 Å². The molecule has 1 atom stereocenters. The van der Waals surface area contributed by atoms with Crippen LogP contribution in [0.15, 0.2) is 32.0 Å². The highest BCUT2D eigenvalue weighted by molar-refractivity contribution is 9.11. The highest BCUT2D eigenvalue weighted by Gasteiger charge is 2.17. The van der Waals surface area contributed by atoms with Gasteiger partial charge in [-0.3, -0.25) is 0 Å². The SMILES string of the molecule is CSC(C)CCNS(=O)(=O)c1cc(Br)ccc1Br. The molecule has 7 heteroatoms. The van der Waals surface area contributed by atoms with Gasteiger partial charge >= 0.3 is 0 Å². The first-order valence-electron chi connectivity index (χ1n) is 5.34. The second-order valence-electron chi connectivity index (χ2n) is 3.81. The standard InChI is InChI=1S/C11H15Br2NO2S2/c1-8(17-2)5-6-14-18(15,16)11-7-9(12)3-4-10(11)13/h3-4,7-8,14H,5-6H2,1-2H3. The Morgan fingerprint density at radius 1 is 1.39 bits per heavy atom. The molecule has 102 valence electrons. The van der Waals surface area contributed by atoms with Gasteiger partial charge in [-0.15, -0.1) is 0 Å². The maximum atomic E-state index is 12.1. The fourth-order valence-corrected chi connectivity index (χ4v) is 4.18. The smallest absolute Gasteiger partial charge is 0.211 e. The molecule has 0 spiro atoms. The quantitative estimate of drug-likeness (QED) is 0.769. The van der Waals surface area contributed by atoms with Crippen molar-refractivity contribution in [2.24, 2.45) is 0 Å². The molecular weight excluding hydrogens is 402 g/mol. The molecule has 3 nitrogen and oxygen atoms in total. The molecule has 1 aromatic rings. The number of thioether (sulfide) groups is 1. The summed E-state index contributed by atoms with van der Waals surface area (Å²) in [5, 5.41) is 0.443. The number of hydrogen-bond donors (Lipinski definition) is 1. The minimum absolute atomic E-state index is 0.258. The van der Waals surface area contributed by atoms with Crippen molar-refractivity contribution in [3.8, 4) is 0 Å². The average Bonchev–Trinajstić information content (AvgIpc) is 2.31. The lowest BCUT2D eigenvalue weighted by Gasteiger charge is -2.11. The second-order valence-corrected chi connectivity index (χ2v) is 8.59. The van der Waals surface area contributed by atoms with Gasteiger partial charge in [0.25, 0.3) is 0 Å². The van der Waals surface area contributed by atoms with Crippen LogP contribution in [0.1, 0.15) is 13.3 Å². The van der Waals surface area contributed by atoms with Crippen molar-refractivity contribution in [3.05, 3.63) is 27.1 Å². The molecule has 0 amide bonds. The minimum Gasteiger partial charge on any atom is -0.211 e. The van der Waals surface area contributed by atoms with E-state index in [4.69, 9.17) is 0 Å². The Morgan fingerprint density at radius 2 is 2.06 bits per heavy atom. The Kier molecular flexibility index (Phi) is 6.67. The van der Waals surface area contributed by atoms with Crippen LogP contribution in [0, 0.1) is 0 Å². The number of nitrogens with one attached hydrogen (secondary N) is 1. The molecule has 0 saturated heterocycles. The largest absolute Gasteiger partial charge is 0.241 e. The van der Waals surface area contributed by atoms with Gasteiger partial charge in [0.05, 0.1) is 4.90 Å². The summed E-state index contributed by atoms with van der Waals surface area (Å²) in [7, 11) is -3.45. The van der Waals surface area contributed by atoms with Crippen molar-refractivity contribution < 1.29 is 8.42 Å². The summed E-state index contributed by atoms with van der Waals surface area (Å²) in [4.78, 5) is 0.258. The van der Waals surface area contributed by atoms with E-state index in [1.807, 2.05) is 6.26 Å². The first-order chi connectivity index (χ1) is 8.36. The van der Waals surface area contributed by atoms with E-state index in [1.165, 1.54) is 0 Å². The third-order valence-electron chi connectivity index (χ3n) is 2.43. The van der Waals surface area contributed by atoms with E-state index >= 15 is 0 Å². The first kappa shape index (κ1) is 16.5. The van der Waals surface area contributed by atoms with E-state index in [9.17, 15) is 8.42 Å². The van der Waals surface area contributed by atoms with Gasteiger partial charge in [-0.25, -0.2) is 13.1 Å². The van der Waals surface area contributed by atoms with E-state index in [0.29, 0.717) is 16.3 Å². The fraction of sp³-hybridized carbons (Fsp3) is 0.455. The zero-order valence-corrected chi connectivity index (χ0v) is 14.9. The summed E-state index contributed by atoms with van der Waals surface area (Å²) in [5.41, 5.74) is 0. The number of benzene rings is 1. The summed E-state index contributed by atoms with van der Waals surface area (Å²) in [6, 6.07) is 5.09. The maximum absolute atomic E-state index is 12.1. The molecule has 0 aliphatic carbocycles. The van der Waals surface area contributed by atoms with E-state index in [2.05, 4.69) is 43.5 Å². The maximum Gasteiger partial charge on any atom is 0.241 e. The molecule has 0 heterocycles. The number of rotatable bonds is 6. The normalized spacial score (nSPS) is 13.6. The van der Waals surface area contributed by atoms with E-state index in [-0.39, 0.29) is 4.90 Å². The Labute approximate surface area is 129 Å². The second kappa shape index (κ2) is 7.28. The molecule has 0 saturated carbocycles. The van der Waals surface area contributed by atoms with Crippen molar-refractivity contribution in [2.75, 3.05) is 12.8 Å². The van der Waals surface area contributed by atoms with Crippen LogP contribution in [0.4, 0.5) is 0 Å². The number of hydrogen-bond acceptors (Lipinski definition) is 3. The molecular formula is C11H15Br2NO2S2. The Bertz CT molecular complexity index is 506. The molecule has 0 bridgehead atoms. The van der Waals surface area contributed by atoms with Gasteiger partial charge in [0, 0.05) is 20.7 Å². The summed E-state index contributed by atoms with van der Waals surface area (Å²) in [6.07, 6.45) is 2.83. The molecule has 0 fully saturated rings. The first-order valence-corrected chi connectivity index (χ1v) is 9.70. The van der Waals surface area contributed by atoms with Crippen LogP contribution in [0.3, 0.4) is 0 Å². The Hall–Kier alpha value is 0.440. The summed E-state index contributed by atoms with van der Waals surface area (Å²) < 4.78 is 28.1. The highest BCUT2D eigenvalue weighted by Crippen LogP contribution is 2.25. The average molecular weight is 417 g/mol. The van der Waals surface area contributed by atoms with Gasteiger partial charge in [0.2, 0.25) is 10.0 Å². The lowest BCUT2D eigenvalue weighted by Crippen LogP contribution is -2.26. The molecule has 1 rings (SSSR count).